The van der Waals surface area contributed by atoms with Gasteiger partial charge < -0.3 is 5.32 Å². The van der Waals surface area contributed by atoms with Crippen molar-refractivity contribution in [2.45, 2.75) is 12.8 Å². The Kier molecular flexibility index (Phi) is 3.79. The van der Waals surface area contributed by atoms with E-state index in [0.717, 1.165) is 0 Å². The molecule has 0 aliphatic heterocycles. The van der Waals surface area contributed by atoms with E-state index in [0.29, 0.717) is 5.56 Å². The molecule has 1 amide bonds. The molecule has 14 heavy (non-hydrogen) atoms. The van der Waals surface area contributed by atoms with Gasteiger partial charge in [0.1, 0.15) is 0 Å². The number of pyridine rings is 1. The highest BCUT2D eigenvalue weighted by atomic mass is 16.2. The van der Waals surface area contributed by atoms with Crippen molar-refractivity contribution >= 4 is 11.7 Å². The standard InChI is InChI=1S/C10H12N2O2/c1-11-10(14)5-4-9(13)8-3-2-6-12-7-8/h2-3,6-7H,4-5H2,1H3,(H,11,14). The van der Waals surface area contributed by atoms with Crippen LogP contribution in [-0.4, -0.2) is 23.7 Å². The number of carbonyl (C=O) groups is 2. The topological polar surface area (TPSA) is 59.1 Å². The van der Waals surface area contributed by atoms with Gasteiger partial charge in [-0.05, 0) is 12.1 Å². The first kappa shape index (κ1) is 10.4. The third-order valence-corrected chi connectivity index (χ3v) is 1.84. The number of rotatable bonds is 4. The van der Waals surface area contributed by atoms with Crippen LogP contribution >= 0.6 is 0 Å². The summed E-state index contributed by atoms with van der Waals surface area (Å²) in [5, 5.41) is 2.47. The number of carbonyl (C=O) groups excluding carboxylic acids is 2. The van der Waals surface area contributed by atoms with Crippen LogP contribution in [-0.2, 0) is 4.79 Å². The number of nitrogens with one attached hydrogen (secondary N) is 1. The van der Waals surface area contributed by atoms with Crippen LogP contribution in [0.5, 0.6) is 0 Å². The van der Waals surface area contributed by atoms with E-state index < -0.39 is 0 Å². The number of amides is 1. The van der Waals surface area contributed by atoms with Gasteiger partial charge in [0.15, 0.2) is 5.78 Å². The van der Waals surface area contributed by atoms with Gasteiger partial charge in [0.05, 0.1) is 0 Å². The number of nitrogens with zero attached hydrogens (tertiary/aromatic N) is 1. The molecule has 0 fully saturated rings. The summed E-state index contributed by atoms with van der Waals surface area (Å²) in [5.74, 6) is -0.177. The van der Waals surface area contributed by atoms with Crippen LogP contribution in [0.1, 0.15) is 23.2 Å². The lowest BCUT2D eigenvalue weighted by molar-refractivity contribution is -0.120. The first-order chi connectivity index (χ1) is 6.74. The van der Waals surface area contributed by atoms with Crippen LogP contribution < -0.4 is 5.32 Å². The van der Waals surface area contributed by atoms with Crippen LogP contribution in [0.4, 0.5) is 0 Å². The summed E-state index contributed by atoms with van der Waals surface area (Å²) in [5.41, 5.74) is 0.552. The molecule has 0 radical (unpaired) electrons. The molecule has 0 aliphatic carbocycles. The monoisotopic (exact) mass is 192 g/mol. The van der Waals surface area contributed by atoms with Crippen LogP contribution in [0.15, 0.2) is 24.5 Å². The Balaban J connectivity index is 2.48. The highest BCUT2D eigenvalue weighted by molar-refractivity contribution is 5.97. The average Bonchev–Trinajstić information content (AvgIpc) is 2.26. The second-order valence-electron chi connectivity index (χ2n) is 2.84. The normalized spacial score (nSPS) is 9.50. The predicted molar refractivity (Wildman–Crippen MR) is 51.9 cm³/mol. The SMILES string of the molecule is CNC(=O)CCC(=O)c1cccnc1. The minimum absolute atomic E-state index is 0.0540. The Hall–Kier alpha value is -1.71. The molecule has 1 aromatic heterocycles. The number of hydrogen-bond acceptors (Lipinski definition) is 3. The zero-order chi connectivity index (χ0) is 10.4. The second kappa shape index (κ2) is 5.11. The van der Waals surface area contributed by atoms with Gasteiger partial charge in [-0.25, -0.2) is 0 Å². The summed E-state index contributed by atoms with van der Waals surface area (Å²) < 4.78 is 0. The smallest absolute Gasteiger partial charge is 0.220 e. The van der Waals surface area contributed by atoms with Crippen molar-refractivity contribution in [2.75, 3.05) is 7.05 Å². The molecule has 1 heterocycles. The van der Waals surface area contributed by atoms with Crippen LogP contribution in [0.2, 0.25) is 0 Å². The molecule has 0 saturated carbocycles. The minimum atomic E-state index is -0.123. The van der Waals surface area contributed by atoms with Gasteiger partial charge in [-0.3, -0.25) is 14.6 Å². The minimum Gasteiger partial charge on any atom is -0.359 e. The molecule has 0 aliphatic rings. The van der Waals surface area contributed by atoms with Crippen molar-refractivity contribution in [3.8, 4) is 0 Å². The maximum atomic E-state index is 11.4. The lowest BCUT2D eigenvalue weighted by Gasteiger charge is -1.99. The molecular weight excluding hydrogens is 180 g/mol. The predicted octanol–water partition coefficient (Wildman–Crippen LogP) is 0.791. The van der Waals surface area contributed by atoms with E-state index in [1.54, 1.807) is 25.4 Å². The van der Waals surface area contributed by atoms with E-state index in [1.807, 2.05) is 0 Å². The maximum Gasteiger partial charge on any atom is 0.220 e. The lowest BCUT2D eigenvalue weighted by atomic mass is 10.1. The Morgan fingerprint density at radius 3 is 2.79 bits per heavy atom. The van der Waals surface area contributed by atoms with Gasteiger partial charge in [-0.15, -0.1) is 0 Å². The second-order valence-corrected chi connectivity index (χ2v) is 2.84. The molecule has 74 valence electrons. The van der Waals surface area contributed by atoms with Crippen LogP contribution in [0.25, 0.3) is 0 Å². The van der Waals surface area contributed by atoms with Crippen molar-refractivity contribution in [3.05, 3.63) is 30.1 Å². The molecule has 1 aromatic rings. The number of ketones is 1. The van der Waals surface area contributed by atoms with E-state index in [1.165, 1.54) is 6.20 Å². The average molecular weight is 192 g/mol. The molecule has 0 spiro atoms. The van der Waals surface area contributed by atoms with E-state index >= 15 is 0 Å². The summed E-state index contributed by atoms with van der Waals surface area (Å²) >= 11 is 0. The third kappa shape index (κ3) is 2.97. The van der Waals surface area contributed by atoms with Gasteiger partial charge in [0.25, 0.3) is 0 Å². The van der Waals surface area contributed by atoms with Crippen molar-refractivity contribution < 1.29 is 9.59 Å². The van der Waals surface area contributed by atoms with Crippen molar-refractivity contribution in [3.63, 3.8) is 0 Å². The Morgan fingerprint density at radius 2 is 2.21 bits per heavy atom. The fourth-order valence-corrected chi connectivity index (χ4v) is 1.02. The highest BCUT2D eigenvalue weighted by Gasteiger charge is 2.07. The van der Waals surface area contributed by atoms with Crippen LogP contribution in [0, 0.1) is 0 Å². The molecule has 0 aromatic carbocycles. The number of Topliss-reactive ketones (excluding diaryl/α,β-unsaturated/α-hetero) is 1. The lowest BCUT2D eigenvalue weighted by Crippen LogP contribution is -2.18. The Labute approximate surface area is 82.3 Å². The van der Waals surface area contributed by atoms with Crippen molar-refractivity contribution in [2.24, 2.45) is 0 Å². The molecule has 4 nitrogen and oxygen atoms in total. The van der Waals surface area contributed by atoms with Gasteiger partial charge >= 0.3 is 0 Å². The molecule has 0 unspecified atom stereocenters. The van der Waals surface area contributed by atoms with Gasteiger partial charge in [0.2, 0.25) is 5.91 Å². The summed E-state index contributed by atoms with van der Waals surface area (Å²) in [6.45, 7) is 0. The highest BCUT2D eigenvalue weighted by Crippen LogP contribution is 2.02. The van der Waals surface area contributed by atoms with Gasteiger partial charge in [-0.1, -0.05) is 0 Å². The molecule has 0 bridgehead atoms. The summed E-state index contributed by atoms with van der Waals surface area (Å²) in [4.78, 5) is 26.1. The van der Waals surface area contributed by atoms with Gasteiger partial charge in [-0.2, -0.15) is 0 Å². The van der Waals surface area contributed by atoms with E-state index in [9.17, 15) is 9.59 Å². The zero-order valence-electron chi connectivity index (χ0n) is 7.99. The summed E-state index contributed by atoms with van der Waals surface area (Å²) in [6.07, 6.45) is 3.57. The molecule has 1 rings (SSSR count). The van der Waals surface area contributed by atoms with E-state index in [2.05, 4.69) is 10.3 Å². The van der Waals surface area contributed by atoms with Crippen molar-refractivity contribution in [1.29, 1.82) is 0 Å². The Bertz CT molecular complexity index is 322. The fourth-order valence-electron chi connectivity index (χ4n) is 1.02. The number of hydrogen-bond donors (Lipinski definition) is 1. The quantitative estimate of drug-likeness (QED) is 0.717. The first-order valence-corrected chi connectivity index (χ1v) is 4.38. The summed E-state index contributed by atoms with van der Waals surface area (Å²) in [7, 11) is 1.55. The maximum absolute atomic E-state index is 11.4. The molecule has 0 atom stereocenters. The van der Waals surface area contributed by atoms with Gasteiger partial charge in [0, 0.05) is 37.8 Å². The molecular formula is C10H12N2O2. The van der Waals surface area contributed by atoms with Crippen LogP contribution in [0.3, 0.4) is 0 Å². The first-order valence-electron chi connectivity index (χ1n) is 4.38. The molecule has 4 heteroatoms. The fraction of sp³-hybridized carbons (Fsp3) is 0.300. The zero-order valence-corrected chi connectivity index (χ0v) is 7.99. The number of aromatic nitrogens is 1. The van der Waals surface area contributed by atoms with E-state index in [-0.39, 0.29) is 24.5 Å². The van der Waals surface area contributed by atoms with E-state index in [4.69, 9.17) is 0 Å². The third-order valence-electron chi connectivity index (χ3n) is 1.84. The van der Waals surface area contributed by atoms with Crippen molar-refractivity contribution in [1.82, 2.24) is 10.3 Å². The molecule has 0 saturated heterocycles. The summed E-state index contributed by atoms with van der Waals surface area (Å²) in [6, 6.07) is 3.40. The largest absolute Gasteiger partial charge is 0.359 e. The Morgan fingerprint density at radius 1 is 1.43 bits per heavy atom. The molecule has 1 N–H and O–H groups in total.